The molecule has 4 aromatic rings. The molecule has 2 aromatic carbocycles. The maximum atomic E-state index is 14.1. The average Bonchev–Trinajstić information content (AvgIpc) is 3.45. The average molecular weight is 586 g/mol. The van der Waals surface area contributed by atoms with Gasteiger partial charge in [-0.1, -0.05) is 49.7 Å². The minimum absolute atomic E-state index is 0.175. The summed E-state index contributed by atoms with van der Waals surface area (Å²) >= 11 is 0. The van der Waals surface area contributed by atoms with Crippen molar-refractivity contribution in [1.29, 1.82) is 0 Å². The van der Waals surface area contributed by atoms with Crippen LogP contribution in [-0.2, 0) is 22.2 Å². The van der Waals surface area contributed by atoms with Crippen LogP contribution in [0.25, 0.3) is 16.6 Å². The lowest BCUT2D eigenvalue weighted by molar-refractivity contribution is -0.536. The van der Waals surface area contributed by atoms with Crippen molar-refractivity contribution in [1.82, 2.24) is 14.3 Å². The third kappa shape index (κ3) is 5.54. The van der Waals surface area contributed by atoms with Gasteiger partial charge in [-0.25, -0.2) is 4.68 Å². The molecule has 226 valence electrons. The van der Waals surface area contributed by atoms with Crippen molar-refractivity contribution >= 4 is 10.9 Å². The molecule has 0 radical (unpaired) electrons. The number of benzene rings is 2. The highest BCUT2D eigenvalue weighted by Gasteiger charge is 2.48. The van der Waals surface area contributed by atoms with Crippen LogP contribution >= 0.6 is 0 Å². The number of alkyl halides is 3. The number of nitrogens with zero attached hydrogens (tertiary/aromatic N) is 2. The molecule has 2 heterocycles. The molecular weight excluding hydrogens is 551 g/mol. The third-order valence-electron chi connectivity index (χ3n) is 8.06. The van der Waals surface area contributed by atoms with Gasteiger partial charge in [0.1, 0.15) is 5.69 Å². The largest absolute Gasteiger partial charge is 0.851 e. The Morgan fingerprint density at radius 1 is 0.881 bits per heavy atom. The fraction of sp³-hybridized carbons (Fsp3) is 0.452. The van der Waals surface area contributed by atoms with Crippen LogP contribution in [0.1, 0.15) is 54.1 Å². The molecule has 1 saturated carbocycles. The number of H-pyrrole nitrogens is 1. The number of fused-ring (bicyclic) bond motifs is 1. The maximum Gasteiger partial charge on any atom is 0.433 e. The summed E-state index contributed by atoms with van der Waals surface area (Å²) in [5, 5.41) is 30.2. The van der Waals surface area contributed by atoms with E-state index in [0.717, 1.165) is 23.0 Å². The molecule has 2 atom stereocenters. The topological polar surface area (TPSA) is 107 Å². The highest BCUT2D eigenvalue weighted by molar-refractivity contribution is 5.86. The Hall–Kier alpha value is -3.38. The number of aromatic amines is 1. The van der Waals surface area contributed by atoms with Crippen LogP contribution in [0, 0.1) is 6.92 Å². The first kappa shape index (κ1) is 30.1. The van der Waals surface area contributed by atoms with E-state index in [1.165, 1.54) is 12.1 Å². The van der Waals surface area contributed by atoms with Gasteiger partial charge in [-0.3, -0.25) is 9.89 Å². The standard InChI is InChI=1S/C31H34F3N3O5/c1-3-4-15-41-17-18-42-16-14-36-19(2)23(21-12-8-9-13-22(21)36)24-27(38)25(28(24)39)26-29(31(32,33)34)35-37(30(26)40)20-10-6-5-7-11-20/h5-13,24-25,27-28,35H,3-4,14-18H2,1-2H3/q-2. The molecule has 0 aliphatic heterocycles. The van der Waals surface area contributed by atoms with Gasteiger partial charge in [0, 0.05) is 29.7 Å². The Morgan fingerprint density at radius 2 is 1.50 bits per heavy atom. The van der Waals surface area contributed by atoms with Gasteiger partial charge in [0.2, 0.25) is 0 Å². The van der Waals surface area contributed by atoms with Gasteiger partial charge in [0.25, 0.3) is 5.56 Å². The lowest BCUT2D eigenvalue weighted by Crippen LogP contribution is -2.64. The first-order valence-corrected chi connectivity index (χ1v) is 14.2. The summed E-state index contributed by atoms with van der Waals surface area (Å²) in [7, 11) is 0. The minimum Gasteiger partial charge on any atom is -0.851 e. The van der Waals surface area contributed by atoms with Gasteiger partial charge in [-0.15, -0.1) is 12.2 Å². The van der Waals surface area contributed by atoms with Gasteiger partial charge in [0.15, 0.2) is 0 Å². The van der Waals surface area contributed by atoms with Crippen molar-refractivity contribution in [2.75, 3.05) is 26.4 Å². The van der Waals surface area contributed by atoms with Crippen molar-refractivity contribution in [3.8, 4) is 5.69 Å². The molecule has 0 amide bonds. The number of hydrogen-bond donors (Lipinski definition) is 1. The van der Waals surface area contributed by atoms with Crippen LogP contribution in [0.4, 0.5) is 13.2 Å². The zero-order valence-electron chi connectivity index (χ0n) is 23.5. The molecule has 1 aliphatic carbocycles. The fourth-order valence-corrected chi connectivity index (χ4v) is 5.96. The van der Waals surface area contributed by atoms with E-state index >= 15 is 0 Å². The number of halogens is 3. The zero-order valence-corrected chi connectivity index (χ0v) is 23.5. The fourth-order valence-electron chi connectivity index (χ4n) is 5.96. The predicted molar refractivity (Wildman–Crippen MR) is 148 cm³/mol. The van der Waals surface area contributed by atoms with Crippen LogP contribution in [-0.4, -0.2) is 53.0 Å². The molecular formula is C31H34F3N3O5-2. The summed E-state index contributed by atoms with van der Waals surface area (Å²) in [6, 6.07) is 15.1. The van der Waals surface area contributed by atoms with Crippen molar-refractivity contribution < 1.29 is 32.9 Å². The molecule has 0 bridgehead atoms. The highest BCUT2D eigenvalue weighted by Crippen LogP contribution is 2.50. The van der Waals surface area contributed by atoms with Crippen molar-refractivity contribution in [2.45, 2.75) is 63.5 Å². The number of nitrogens with one attached hydrogen (secondary N) is 1. The molecule has 11 heteroatoms. The summed E-state index contributed by atoms with van der Waals surface area (Å²) in [6.45, 7) is 6.34. The highest BCUT2D eigenvalue weighted by atomic mass is 19.4. The molecule has 42 heavy (non-hydrogen) atoms. The van der Waals surface area contributed by atoms with Crippen molar-refractivity contribution in [2.24, 2.45) is 0 Å². The quantitative estimate of drug-likeness (QED) is 0.256. The second-order valence-electron chi connectivity index (χ2n) is 10.6. The molecule has 0 saturated heterocycles. The van der Waals surface area contributed by atoms with Gasteiger partial charge >= 0.3 is 6.18 Å². The number of aromatic nitrogens is 3. The van der Waals surface area contributed by atoms with Crippen LogP contribution in [0.2, 0.25) is 0 Å². The Kier molecular flexibility index (Phi) is 8.93. The molecule has 1 fully saturated rings. The summed E-state index contributed by atoms with van der Waals surface area (Å²) < 4.78 is 56.2. The van der Waals surface area contributed by atoms with Crippen LogP contribution in [0.5, 0.6) is 0 Å². The number of para-hydroxylation sites is 2. The van der Waals surface area contributed by atoms with Gasteiger partial charge in [-0.05, 0) is 48.9 Å². The monoisotopic (exact) mass is 585 g/mol. The summed E-state index contributed by atoms with van der Waals surface area (Å²) in [6.07, 6.45) is -6.36. The lowest BCUT2D eigenvalue weighted by Gasteiger charge is -2.61. The molecule has 2 aromatic heterocycles. The Balaban J connectivity index is 1.41. The number of rotatable bonds is 12. The van der Waals surface area contributed by atoms with E-state index in [-0.39, 0.29) is 5.69 Å². The Labute approximate surface area is 241 Å². The maximum absolute atomic E-state index is 14.1. The van der Waals surface area contributed by atoms with E-state index in [1.807, 2.05) is 22.8 Å². The van der Waals surface area contributed by atoms with E-state index in [1.54, 1.807) is 31.2 Å². The van der Waals surface area contributed by atoms with E-state index < -0.39 is 47.0 Å². The molecule has 1 aliphatic rings. The van der Waals surface area contributed by atoms with Gasteiger partial charge < -0.3 is 24.3 Å². The Bertz CT molecular complexity index is 1550. The summed E-state index contributed by atoms with van der Waals surface area (Å²) in [5.41, 5.74) is -0.981. The van der Waals surface area contributed by atoms with E-state index in [2.05, 4.69) is 12.0 Å². The first-order chi connectivity index (χ1) is 20.2. The predicted octanol–water partition coefficient (Wildman–Crippen LogP) is 3.62. The molecule has 8 nitrogen and oxygen atoms in total. The van der Waals surface area contributed by atoms with Crippen LogP contribution in [0.15, 0.2) is 59.4 Å². The van der Waals surface area contributed by atoms with Crippen LogP contribution in [0.3, 0.4) is 0 Å². The smallest absolute Gasteiger partial charge is 0.433 e. The zero-order chi connectivity index (χ0) is 30.0. The minimum atomic E-state index is -4.95. The number of unbranched alkanes of at least 4 members (excludes halogenated alkanes) is 1. The van der Waals surface area contributed by atoms with Crippen molar-refractivity contribution in [3.63, 3.8) is 0 Å². The molecule has 0 spiro atoms. The summed E-state index contributed by atoms with van der Waals surface area (Å²) in [4.78, 5) is 13.3. The SMILES string of the molecule is CCCCOCCOCCn1c(C)c(C2C([O-])C(c3c(C(F)(F)F)[nH]n(-c4ccccc4)c3=O)C2[O-])c2ccccc21. The number of ether oxygens (including phenoxy) is 2. The molecule has 5 rings (SSSR count). The number of hydrogen-bond acceptors (Lipinski definition) is 5. The first-order valence-electron chi connectivity index (χ1n) is 14.2. The van der Waals surface area contributed by atoms with Gasteiger partial charge in [-0.2, -0.15) is 13.2 Å². The van der Waals surface area contributed by atoms with Gasteiger partial charge in [0.05, 0.1) is 31.1 Å². The normalized spacial score (nSPS) is 20.7. The molecule has 1 N–H and O–H groups in total. The lowest BCUT2D eigenvalue weighted by atomic mass is 9.62. The third-order valence-corrected chi connectivity index (χ3v) is 8.06. The second-order valence-corrected chi connectivity index (χ2v) is 10.6. The second kappa shape index (κ2) is 12.5. The van der Waals surface area contributed by atoms with E-state index in [0.29, 0.717) is 49.6 Å². The summed E-state index contributed by atoms with van der Waals surface area (Å²) in [5.74, 6) is -2.74. The van der Waals surface area contributed by atoms with Crippen molar-refractivity contribution in [3.05, 3.63) is 87.5 Å². The van der Waals surface area contributed by atoms with E-state index in [9.17, 15) is 28.2 Å². The van der Waals surface area contributed by atoms with Crippen LogP contribution < -0.4 is 15.8 Å². The molecule has 2 unspecified atom stereocenters. The van der Waals surface area contributed by atoms with E-state index in [4.69, 9.17) is 9.47 Å². The Morgan fingerprint density at radius 3 is 2.17 bits per heavy atom.